The zero-order valence-electron chi connectivity index (χ0n) is 17.5. The second-order valence-electron chi connectivity index (χ2n) is 7.93. The number of carbonyl (C=O) groups is 2. The molecule has 0 spiro atoms. The molecule has 3 aromatic rings. The molecule has 0 unspecified atom stereocenters. The van der Waals surface area contributed by atoms with Crippen LogP contribution >= 0.6 is 0 Å². The summed E-state index contributed by atoms with van der Waals surface area (Å²) in [5.74, 6) is -0.181. The van der Waals surface area contributed by atoms with Gasteiger partial charge in [-0.15, -0.1) is 0 Å². The number of nitrogens with zero attached hydrogens (tertiary/aromatic N) is 2. The predicted octanol–water partition coefficient (Wildman–Crippen LogP) is 4.07. The molecule has 0 aromatic heterocycles. The summed E-state index contributed by atoms with van der Waals surface area (Å²) in [4.78, 5) is 28.1. The molecular formula is C26H27N3O2. The van der Waals surface area contributed by atoms with E-state index in [0.29, 0.717) is 11.1 Å². The van der Waals surface area contributed by atoms with Crippen LogP contribution in [0.15, 0.2) is 78.9 Å². The summed E-state index contributed by atoms with van der Waals surface area (Å²) in [6.07, 6.45) is 0.767. The van der Waals surface area contributed by atoms with E-state index in [2.05, 4.69) is 57.6 Å². The summed E-state index contributed by atoms with van der Waals surface area (Å²) < 4.78 is 0. The van der Waals surface area contributed by atoms with Crippen LogP contribution < -0.4 is 5.32 Å². The summed E-state index contributed by atoms with van der Waals surface area (Å²) in [6, 6.07) is 25.3. The van der Waals surface area contributed by atoms with Crippen LogP contribution in [-0.2, 0) is 13.1 Å². The SMILES string of the molecule is O=Cc1ccc(C(=O)Nc2ccc(CN3CCN(Cc4ccccc4)CC3)cc2)cc1. The zero-order chi connectivity index (χ0) is 21.5. The Kier molecular flexibility index (Phi) is 6.87. The Balaban J connectivity index is 1.25. The average Bonchev–Trinajstić information content (AvgIpc) is 2.82. The molecule has 1 fully saturated rings. The number of hydrogen-bond donors (Lipinski definition) is 1. The first-order chi connectivity index (χ1) is 15.2. The fourth-order valence-electron chi connectivity index (χ4n) is 3.82. The van der Waals surface area contributed by atoms with E-state index in [4.69, 9.17) is 0 Å². The van der Waals surface area contributed by atoms with Crippen LogP contribution in [0.2, 0.25) is 0 Å². The van der Waals surface area contributed by atoms with Gasteiger partial charge in [0.1, 0.15) is 6.29 Å². The van der Waals surface area contributed by atoms with Gasteiger partial charge in [-0.25, -0.2) is 0 Å². The lowest BCUT2D eigenvalue weighted by atomic mass is 10.1. The Morgan fingerprint density at radius 3 is 1.84 bits per heavy atom. The fraction of sp³-hybridized carbons (Fsp3) is 0.231. The van der Waals surface area contributed by atoms with Crippen molar-refractivity contribution < 1.29 is 9.59 Å². The minimum atomic E-state index is -0.181. The van der Waals surface area contributed by atoms with Crippen LogP contribution in [0.1, 0.15) is 31.8 Å². The highest BCUT2D eigenvalue weighted by Crippen LogP contribution is 2.15. The molecule has 3 aromatic carbocycles. The number of piperazine rings is 1. The summed E-state index contributed by atoms with van der Waals surface area (Å²) in [5.41, 5.74) is 4.46. The maximum atomic E-state index is 12.4. The summed E-state index contributed by atoms with van der Waals surface area (Å²) in [6.45, 7) is 6.20. The van der Waals surface area contributed by atoms with Crippen molar-refractivity contribution in [2.45, 2.75) is 13.1 Å². The van der Waals surface area contributed by atoms with Crippen molar-refractivity contribution in [1.29, 1.82) is 0 Å². The van der Waals surface area contributed by atoms with Crippen LogP contribution in [0.3, 0.4) is 0 Å². The Morgan fingerprint density at radius 1 is 0.742 bits per heavy atom. The van der Waals surface area contributed by atoms with E-state index in [-0.39, 0.29) is 5.91 Å². The van der Waals surface area contributed by atoms with Crippen molar-refractivity contribution in [3.05, 3.63) is 101 Å². The van der Waals surface area contributed by atoms with Gasteiger partial charge >= 0.3 is 0 Å². The number of rotatable bonds is 7. The second-order valence-corrected chi connectivity index (χ2v) is 7.93. The predicted molar refractivity (Wildman–Crippen MR) is 123 cm³/mol. The topological polar surface area (TPSA) is 52.7 Å². The van der Waals surface area contributed by atoms with Gasteiger partial charge in [0.25, 0.3) is 5.91 Å². The molecule has 0 aliphatic carbocycles. The lowest BCUT2D eigenvalue weighted by Crippen LogP contribution is -2.45. The minimum absolute atomic E-state index is 0.181. The van der Waals surface area contributed by atoms with Crippen molar-refractivity contribution in [2.24, 2.45) is 0 Å². The monoisotopic (exact) mass is 413 g/mol. The highest BCUT2D eigenvalue weighted by molar-refractivity contribution is 6.04. The molecule has 0 saturated carbocycles. The van der Waals surface area contributed by atoms with E-state index in [9.17, 15) is 9.59 Å². The van der Waals surface area contributed by atoms with Gasteiger partial charge in [0.2, 0.25) is 0 Å². The molecule has 1 amide bonds. The number of hydrogen-bond acceptors (Lipinski definition) is 4. The molecule has 4 rings (SSSR count). The van der Waals surface area contributed by atoms with E-state index in [1.165, 1.54) is 11.1 Å². The standard InChI is InChI=1S/C26H27N3O2/c30-20-23-6-10-24(11-7-23)26(31)27-25-12-8-22(9-13-25)19-29-16-14-28(15-17-29)18-21-4-2-1-3-5-21/h1-13,20H,14-19H2,(H,27,31). The van der Waals surface area contributed by atoms with Crippen molar-refractivity contribution in [2.75, 3.05) is 31.5 Å². The van der Waals surface area contributed by atoms with E-state index < -0.39 is 0 Å². The first-order valence-corrected chi connectivity index (χ1v) is 10.6. The van der Waals surface area contributed by atoms with E-state index in [1.807, 2.05) is 12.1 Å². The zero-order valence-corrected chi connectivity index (χ0v) is 17.5. The van der Waals surface area contributed by atoms with Crippen molar-refractivity contribution in [3.63, 3.8) is 0 Å². The first-order valence-electron chi connectivity index (χ1n) is 10.6. The number of anilines is 1. The number of amides is 1. The molecule has 158 valence electrons. The first kappa shape index (κ1) is 21.0. The summed E-state index contributed by atoms with van der Waals surface area (Å²) in [5, 5.41) is 2.91. The molecule has 0 bridgehead atoms. The Hall–Kier alpha value is -3.28. The Bertz CT molecular complexity index is 993. The maximum absolute atomic E-state index is 12.4. The third-order valence-corrected chi connectivity index (χ3v) is 5.64. The quantitative estimate of drug-likeness (QED) is 0.594. The van der Waals surface area contributed by atoms with Crippen LogP contribution in [-0.4, -0.2) is 48.2 Å². The molecule has 1 aliphatic rings. The number of aldehydes is 1. The fourth-order valence-corrected chi connectivity index (χ4v) is 3.82. The third-order valence-electron chi connectivity index (χ3n) is 5.64. The molecular weight excluding hydrogens is 386 g/mol. The molecule has 5 heteroatoms. The summed E-state index contributed by atoms with van der Waals surface area (Å²) in [7, 11) is 0. The molecule has 1 aliphatic heterocycles. The smallest absolute Gasteiger partial charge is 0.255 e. The Morgan fingerprint density at radius 2 is 1.29 bits per heavy atom. The lowest BCUT2D eigenvalue weighted by Gasteiger charge is -2.34. The second kappa shape index (κ2) is 10.2. The van der Waals surface area contributed by atoms with Gasteiger partial charge in [-0.3, -0.25) is 19.4 Å². The maximum Gasteiger partial charge on any atom is 0.255 e. The molecule has 5 nitrogen and oxygen atoms in total. The van der Waals surface area contributed by atoms with Crippen LogP contribution in [0.25, 0.3) is 0 Å². The van der Waals surface area contributed by atoms with Gasteiger partial charge in [0, 0.05) is 56.1 Å². The molecule has 31 heavy (non-hydrogen) atoms. The molecule has 1 N–H and O–H groups in total. The largest absolute Gasteiger partial charge is 0.322 e. The normalized spacial score (nSPS) is 14.8. The number of benzene rings is 3. The van der Waals surface area contributed by atoms with Crippen molar-refractivity contribution in [3.8, 4) is 0 Å². The molecule has 1 saturated heterocycles. The van der Waals surface area contributed by atoms with Crippen LogP contribution in [0.4, 0.5) is 5.69 Å². The van der Waals surface area contributed by atoms with Gasteiger partial charge in [0.15, 0.2) is 0 Å². The van der Waals surface area contributed by atoms with E-state index in [1.54, 1.807) is 24.3 Å². The lowest BCUT2D eigenvalue weighted by molar-refractivity contribution is 0.102. The molecule has 0 atom stereocenters. The average molecular weight is 414 g/mol. The third kappa shape index (κ3) is 5.87. The van der Waals surface area contributed by atoms with E-state index >= 15 is 0 Å². The van der Waals surface area contributed by atoms with Gasteiger partial charge in [-0.05, 0) is 35.4 Å². The molecule has 0 radical (unpaired) electrons. The van der Waals surface area contributed by atoms with Crippen molar-refractivity contribution >= 4 is 17.9 Å². The van der Waals surface area contributed by atoms with Gasteiger partial charge < -0.3 is 5.32 Å². The van der Waals surface area contributed by atoms with Gasteiger partial charge in [-0.2, -0.15) is 0 Å². The highest BCUT2D eigenvalue weighted by atomic mass is 16.1. The van der Waals surface area contributed by atoms with Gasteiger partial charge in [0.05, 0.1) is 0 Å². The minimum Gasteiger partial charge on any atom is -0.322 e. The number of carbonyl (C=O) groups excluding carboxylic acids is 2. The van der Waals surface area contributed by atoms with Crippen LogP contribution in [0, 0.1) is 0 Å². The van der Waals surface area contributed by atoms with Crippen molar-refractivity contribution in [1.82, 2.24) is 9.80 Å². The number of nitrogens with one attached hydrogen (secondary N) is 1. The van der Waals surface area contributed by atoms with Gasteiger partial charge in [-0.1, -0.05) is 54.6 Å². The molecule has 1 heterocycles. The van der Waals surface area contributed by atoms with Crippen LogP contribution in [0.5, 0.6) is 0 Å². The highest BCUT2D eigenvalue weighted by Gasteiger charge is 2.17. The van der Waals surface area contributed by atoms with E-state index in [0.717, 1.165) is 51.2 Å². The Labute approximate surface area is 183 Å². The summed E-state index contributed by atoms with van der Waals surface area (Å²) >= 11 is 0.